The predicted octanol–water partition coefficient (Wildman–Crippen LogP) is -0.437. The second-order valence-corrected chi connectivity index (χ2v) is 6.13. The number of Topliss-reactive ketones (excluding diaryl/α,β-unsaturated/α-hetero) is 1. The van der Waals surface area contributed by atoms with Crippen molar-refractivity contribution in [1.29, 1.82) is 0 Å². The van der Waals surface area contributed by atoms with E-state index in [0.29, 0.717) is 0 Å². The van der Waals surface area contributed by atoms with Crippen LogP contribution in [0, 0.1) is 5.92 Å². The number of hydrogen-bond donors (Lipinski definition) is 2. The van der Waals surface area contributed by atoms with Gasteiger partial charge in [-0.05, 0) is 6.92 Å². The topological polar surface area (TPSA) is 122 Å². The quantitative estimate of drug-likeness (QED) is 0.628. The van der Waals surface area contributed by atoms with E-state index in [9.17, 15) is 24.3 Å². The number of hydrogen-bond acceptors (Lipinski definition) is 7. The van der Waals surface area contributed by atoms with Crippen LogP contribution in [0.4, 0.5) is 4.79 Å². The zero-order chi connectivity index (χ0) is 17.9. The first-order valence-corrected chi connectivity index (χ1v) is 7.88. The highest BCUT2D eigenvalue weighted by atomic mass is 16.6. The van der Waals surface area contributed by atoms with E-state index in [-0.39, 0.29) is 50.0 Å². The van der Waals surface area contributed by atoms with E-state index >= 15 is 0 Å². The Labute approximate surface area is 139 Å². The van der Waals surface area contributed by atoms with Crippen LogP contribution in [0.25, 0.3) is 0 Å². The second kappa shape index (κ2) is 7.71. The summed E-state index contributed by atoms with van der Waals surface area (Å²) in [7, 11) is 0. The van der Waals surface area contributed by atoms with E-state index in [1.807, 2.05) is 0 Å². The molecule has 0 radical (unpaired) electrons. The van der Waals surface area contributed by atoms with Crippen molar-refractivity contribution in [1.82, 2.24) is 10.2 Å². The number of aliphatic hydroxyl groups is 1. The minimum atomic E-state index is -0.753. The average Bonchev–Trinajstić information content (AvgIpc) is 2.91. The van der Waals surface area contributed by atoms with Crippen molar-refractivity contribution in [3.8, 4) is 0 Å². The van der Waals surface area contributed by atoms with Crippen molar-refractivity contribution in [2.24, 2.45) is 5.92 Å². The van der Waals surface area contributed by atoms with Gasteiger partial charge in [0.1, 0.15) is 24.2 Å². The maximum absolute atomic E-state index is 11.9. The fourth-order valence-electron chi connectivity index (χ4n) is 2.70. The molecule has 4 atom stereocenters. The SMILES string of the molecule is CC(=O)CCC(=O)OC1C[C@H](N2CC(C)C(=O)NC2=O)O[C@@H]1CO. The van der Waals surface area contributed by atoms with Gasteiger partial charge in [-0.1, -0.05) is 6.92 Å². The molecular weight excluding hydrogens is 320 g/mol. The summed E-state index contributed by atoms with van der Waals surface area (Å²) in [5.74, 6) is -1.39. The number of carbonyl (C=O) groups excluding carboxylic acids is 4. The van der Waals surface area contributed by atoms with Gasteiger partial charge in [-0.25, -0.2) is 4.79 Å². The van der Waals surface area contributed by atoms with Crippen molar-refractivity contribution >= 4 is 23.7 Å². The van der Waals surface area contributed by atoms with Crippen molar-refractivity contribution < 1.29 is 33.8 Å². The number of nitrogens with zero attached hydrogens (tertiary/aromatic N) is 1. The molecule has 24 heavy (non-hydrogen) atoms. The van der Waals surface area contributed by atoms with Crippen LogP contribution >= 0.6 is 0 Å². The molecule has 2 saturated heterocycles. The summed E-state index contributed by atoms with van der Waals surface area (Å²) >= 11 is 0. The molecule has 9 nitrogen and oxygen atoms in total. The average molecular weight is 342 g/mol. The van der Waals surface area contributed by atoms with Gasteiger partial charge >= 0.3 is 12.0 Å². The lowest BCUT2D eigenvalue weighted by Gasteiger charge is -2.34. The van der Waals surface area contributed by atoms with Crippen LogP contribution in [0.1, 0.15) is 33.1 Å². The van der Waals surface area contributed by atoms with Gasteiger partial charge in [0.2, 0.25) is 5.91 Å². The molecule has 134 valence electrons. The van der Waals surface area contributed by atoms with Crippen LogP contribution in [0.2, 0.25) is 0 Å². The number of aliphatic hydroxyl groups excluding tert-OH is 1. The van der Waals surface area contributed by atoms with Gasteiger partial charge in [0.15, 0.2) is 0 Å². The van der Waals surface area contributed by atoms with Crippen LogP contribution in [0.5, 0.6) is 0 Å². The molecule has 2 unspecified atom stereocenters. The first-order chi connectivity index (χ1) is 11.3. The van der Waals surface area contributed by atoms with Gasteiger partial charge in [-0.3, -0.25) is 19.8 Å². The largest absolute Gasteiger partial charge is 0.459 e. The highest BCUT2D eigenvalue weighted by molar-refractivity contribution is 5.97. The van der Waals surface area contributed by atoms with Crippen LogP contribution in [-0.4, -0.2) is 65.3 Å². The summed E-state index contributed by atoms with van der Waals surface area (Å²) in [6.45, 7) is 2.89. The van der Waals surface area contributed by atoms with E-state index < -0.39 is 30.4 Å². The number of nitrogens with one attached hydrogen (secondary N) is 1. The first-order valence-electron chi connectivity index (χ1n) is 7.88. The molecule has 2 aliphatic rings. The Morgan fingerprint density at radius 2 is 2.08 bits per heavy atom. The smallest absolute Gasteiger partial charge is 0.326 e. The van der Waals surface area contributed by atoms with Crippen molar-refractivity contribution in [2.75, 3.05) is 13.2 Å². The molecule has 0 bridgehead atoms. The lowest BCUT2D eigenvalue weighted by atomic mass is 10.1. The van der Waals surface area contributed by atoms with Crippen molar-refractivity contribution in [3.05, 3.63) is 0 Å². The first kappa shape index (κ1) is 18.3. The number of ether oxygens (including phenoxy) is 2. The zero-order valence-corrected chi connectivity index (χ0v) is 13.7. The van der Waals surface area contributed by atoms with E-state index in [1.54, 1.807) is 6.92 Å². The molecule has 0 aromatic rings. The van der Waals surface area contributed by atoms with Gasteiger partial charge in [0, 0.05) is 19.4 Å². The van der Waals surface area contributed by atoms with Crippen LogP contribution < -0.4 is 5.32 Å². The van der Waals surface area contributed by atoms with Crippen LogP contribution in [-0.2, 0) is 23.9 Å². The highest BCUT2D eigenvalue weighted by Crippen LogP contribution is 2.28. The van der Waals surface area contributed by atoms with Gasteiger partial charge < -0.3 is 19.4 Å². The van der Waals surface area contributed by atoms with E-state index in [2.05, 4.69) is 5.32 Å². The molecule has 0 saturated carbocycles. The van der Waals surface area contributed by atoms with Crippen molar-refractivity contribution in [3.63, 3.8) is 0 Å². The molecule has 2 rings (SSSR count). The molecule has 0 aliphatic carbocycles. The molecule has 2 N–H and O–H groups in total. The fraction of sp³-hybridized carbons (Fsp3) is 0.733. The molecule has 3 amide bonds. The Hall–Kier alpha value is -2.00. The Kier molecular flexibility index (Phi) is 5.89. The fourth-order valence-corrected chi connectivity index (χ4v) is 2.70. The maximum Gasteiger partial charge on any atom is 0.326 e. The number of carbonyl (C=O) groups is 4. The predicted molar refractivity (Wildman–Crippen MR) is 79.6 cm³/mol. The summed E-state index contributed by atoms with van der Waals surface area (Å²) in [4.78, 5) is 47.5. The molecule has 2 fully saturated rings. The van der Waals surface area contributed by atoms with Crippen molar-refractivity contribution in [2.45, 2.75) is 51.5 Å². The molecule has 0 spiro atoms. The molecule has 9 heteroatoms. The lowest BCUT2D eigenvalue weighted by Crippen LogP contribution is -2.57. The highest BCUT2D eigenvalue weighted by Gasteiger charge is 2.44. The summed E-state index contributed by atoms with van der Waals surface area (Å²) in [5.41, 5.74) is 0. The Morgan fingerprint density at radius 1 is 1.38 bits per heavy atom. The summed E-state index contributed by atoms with van der Waals surface area (Å²) in [5, 5.41) is 11.6. The van der Waals surface area contributed by atoms with Crippen LogP contribution in [0.15, 0.2) is 0 Å². The third kappa shape index (κ3) is 4.30. The monoisotopic (exact) mass is 342 g/mol. The third-order valence-electron chi connectivity index (χ3n) is 4.08. The normalized spacial score (nSPS) is 30.2. The Morgan fingerprint density at radius 3 is 2.71 bits per heavy atom. The lowest BCUT2D eigenvalue weighted by molar-refractivity contribution is -0.154. The van der Waals surface area contributed by atoms with Gasteiger partial charge in [-0.2, -0.15) is 0 Å². The second-order valence-electron chi connectivity index (χ2n) is 6.13. The number of amides is 3. The number of imide groups is 1. The van der Waals surface area contributed by atoms with Crippen LogP contribution in [0.3, 0.4) is 0 Å². The van der Waals surface area contributed by atoms with E-state index in [1.165, 1.54) is 11.8 Å². The Balaban J connectivity index is 1.95. The van der Waals surface area contributed by atoms with E-state index in [0.717, 1.165) is 0 Å². The Bertz CT molecular complexity index is 536. The zero-order valence-electron chi connectivity index (χ0n) is 13.7. The molecular formula is C15H22N2O7. The van der Waals surface area contributed by atoms with Gasteiger partial charge in [-0.15, -0.1) is 0 Å². The molecule has 2 heterocycles. The molecule has 0 aromatic heterocycles. The van der Waals surface area contributed by atoms with Gasteiger partial charge in [0.25, 0.3) is 0 Å². The number of urea groups is 1. The summed E-state index contributed by atoms with van der Waals surface area (Å²) in [6.07, 6.45) is -1.90. The van der Waals surface area contributed by atoms with Gasteiger partial charge in [0.05, 0.1) is 18.9 Å². The number of ketones is 1. The minimum absolute atomic E-state index is 0.0373. The molecule has 0 aromatic carbocycles. The summed E-state index contributed by atoms with van der Waals surface area (Å²) in [6, 6.07) is -0.566. The molecule has 2 aliphatic heterocycles. The minimum Gasteiger partial charge on any atom is -0.459 e. The summed E-state index contributed by atoms with van der Waals surface area (Å²) < 4.78 is 10.9. The standard InChI is InChI=1S/C15H22N2O7/c1-8-6-17(15(22)16-14(8)21)12-5-10(11(7-18)23-12)24-13(20)4-3-9(2)19/h8,10-12,18H,3-7H2,1-2H3,(H,16,21,22)/t8?,10?,11-,12-/m1/s1. The van der Waals surface area contributed by atoms with E-state index in [4.69, 9.17) is 9.47 Å². The number of esters is 1. The number of rotatable bonds is 6. The maximum atomic E-state index is 11.9. The third-order valence-corrected chi connectivity index (χ3v) is 4.08.